The smallest absolute Gasteiger partial charge is 1.00 e. The fourth-order valence-corrected chi connectivity index (χ4v) is 0.304. The van der Waals surface area contributed by atoms with E-state index in [1.165, 1.54) is 0 Å². The number of hydrogen-bond acceptors (Lipinski definition) is 2. The molecule has 0 aliphatic carbocycles. The maximum atomic E-state index is 9.65. The Bertz CT molecular complexity index is 82.1. The van der Waals surface area contributed by atoms with Crippen LogP contribution in [0.5, 0.6) is 0 Å². The molecule has 0 atom stereocenters. The van der Waals surface area contributed by atoms with Crippen LogP contribution in [0.15, 0.2) is 0 Å². The van der Waals surface area contributed by atoms with Gasteiger partial charge >= 0.3 is 55.0 Å². The second kappa shape index (κ2) is 8.84. The first-order chi connectivity index (χ1) is 3.77. The molecule has 0 spiro atoms. The van der Waals surface area contributed by atoms with Crippen molar-refractivity contribution in [3.05, 3.63) is 0 Å². The zero-order valence-electron chi connectivity index (χ0n) is 7.59. The number of hydrogen-bond donors (Lipinski definition) is 1. The van der Waals surface area contributed by atoms with Crippen molar-refractivity contribution in [2.45, 2.75) is 19.8 Å². The van der Waals surface area contributed by atoms with Gasteiger partial charge in [-0.2, -0.15) is 0 Å². The molecular weight excluding hydrogens is 245 g/mol. The largest absolute Gasteiger partial charge is 2.00 e. The van der Waals surface area contributed by atoms with Gasteiger partial charge in [-0.1, -0.05) is 13.3 Å². The Morgan fingerprint density at radius 1 is 1.78 bits per heavy atom. The van der Waals surface area contributed by atoms with E-state index in [-0.39, 0.29) is 51.7 Å². The van der Waals surface area contributed by atoms with Crippen LogP contribution in [0.1, 0.15) is 22.6 Å². The van der Waals surface area contributed by atoms with E-state index < -0.39 is 6.16 Å². The molecule has 0 aliphatic heterocycles. The Morgan fingerprint density at radius 2 is 2.33 bits per heavy atom. The molecule has 0 aliphatic rings. The number of ether oxygens (including phenoxy) is 1. The molecular formula is C5H12BaO3. The fourth-order valence-electron chi connectivity index (χ4n) is 0.304. The number of rotatable bonds is 3. The standard InChI is InChI=1S/C5H10O3.Ba.2H/c1-2-3-4-8-5(6)7;;;/h2-4H2,1H3,(H,6,7);;;/q;+2;2*-1. The molecule has 3 nitrogen and oxygen atoms in total. The van der Waals surface area contributed by atoms with Crippen LogP contribution in [-0.2, 0) is 4.74 Å². The monoisotopic (exact) mass is 258 g/mol. The Hall–Kier alpha value is 0.841. The zero-order chi connectivity index (χ0) is 6.41. The molecule has 0 unspecified atom stereocenters. The van der Waals surface area contributed by atoms with Gasteiger partial charge in [0.1, 0.15) is 0 Å². The summed E-state index contributed by atoms with van der Waals surface area (Å²) in [7, 11) is 0. The van der Waals surface area contributed by atoms with Crippen molar-refractivity contribution in [3.8, 4) is 0 Å². The molecule has 0 saturated carbocycles. The molecule has 0 aromatic heterocycles. The van der Waals surface area contributed by atoms with Crippen molar-refractivity contribution in [2.75, 3.05) is 6.61 Å². The van der Waals surface area contributed by atoms with Gasteiger partial charge in [0, 0.05) is 0 Å². The molecule has 0 fully saturated rings. The van der Waals surface area contributed by atoms with Gasteiger partial charge in [0.05, 0.1) is 6.61 Å². The molecule has 0 rings (SSSR count). The van der Waals surface area contributed by atoms with Crippen LogP contribution in [0.25, 0.3) is 0 Å². The van der Waals surface area contributed by atoms with Crippen LogP contribution >= 0.6 is 0 Å². The SMILES string of the molecule is CCCCOC(=O)O.[Ba+2].[H-].[H-]. The summed E-state index contributed by atoms with van der Waals surface area (Å²) in [6, 6.07) is 0. The molecule has 1 N–H and O–H groups in total. The van der Waals surface area contributed by atoms with Crippen molar-refractivity contribution >= 4 is 55.0 Å². The van der Waals surface area contributed by atoms with Gasteiger partial charge in [0.15, 0.2) is 0 Å². The first kappa shape index (κ1) is 12.5. The quantitative estimate of drug-likeness (QED) is 0.471. The van der Waals surface area contributed by atoms with E-state index in [9.17, 15) is 4.79 Å². The van der Waals surface area contributed by atoms with E-state index in [1.807, 2.05) is 6.92 Å². The zero-order valence-corrected chi connectivity index (χ0v) is 10.0. The third kappa shape index (κ3) is 12.1. The molecule has 9 heavy (non-hydrogen) atoms. The molecule has 0 aromatic carbocycles. The molecule has 0 aromatic rings. The van der Waals surface area contributed by atoms with Crippen molar-refractivity contribution in [2.24, 2.45) is 0 Å². The van der Waals surface area contributed by atoms with Crippen molar-refractivity contribution in [1.29, 1.82) is 0 Å². The second-order valence-corrected chi connectivity index (χ2v) is 1.47. The topological polar surface area (TPSA) is 46.5 Å². The van der Waals surface area contributed by atoms with Crippen molar-refractivity contribution in [1.82, 2.24) is 0 Å². The van der Waals surface area contributed by atoms with Gasteiger partial charge < -0.3 is 12.7 Å². The summed E-state index contributed by atoms with van der Waals surface area (Å²) in [5.41, 5.74) is 0. The van der Waals surface area contributed by atoms with Gasteiger partial charge in [-0.3, -0.25) is 0 Å². The predicted octanol–water partition coefficient (Wildman–Crippen LogP) is 1.33. The van der Waals surface area contributed by atoms with E-state index in [0.717, 1.165) is 12.8 Å². The van der Waals surface area contributed by atoms with E-state index in [1.54, 1.807) is 0 Å². The Balaban J connectivity index is -0.0000000817. The molecule has 0 amide bonds. The van der Waals surface area contributed by atoms with E-state index in [0.29, 0.717) is 6.61 Å². The molecule has 0 saturated heterocycles. The molecule has 0 radical (unpaired) electrons. The van der Waals surface area contributed by atoms with Crippen LogP contribution in [0.4, 0.5) is 4.79 Å². The summed E-state index contributed by atoms with van der Waals surface area (Å²) >= 11 is 0. The normalized spacial score (nSPS) is 7.67. The molecule has 52 valence electrons. The summed E-state index contributed by atoms with van der Waals surface area (Å²) in [5.74, 6) is 0. The summed E-state index contributed by atoms with van der Waals surface area (Å²) < 4.78 is 4.20. The van der Waals surface area contributed by atoms with Crippen LogP contribution in [0, 0.1) is 0 Å². The maximum absolute atomic E-state index is 9.65. The number of unbranched alkanes of at least 4 members (excludes halogenated alkanes) is 1. The molecule has 0 heterocycles. The minimum Gasteiger partial charge on any atom is -1.00 e. The second-order valence-electron chi connectivity index (χ2n) is 1.47. The van der Waals surface area contributed by atoms with Crippen molar-refractivity contribution < 1.29 is 17.5 Å². The maximum Gasteiger partial charge on any atom is 2.00 e. The average molecular weight is 257 g/mol. The first-order valence-electron chi connectivity index (χ1n) is 2.63. The van der Waals surface area contributed by atoms with Gasteiger partial charge in [-0.15, -0.1) is 0 Å². The van der Waals surface area contributed by atoms with Crippen LogP contribution in [0.3, 0.4) is 0 Å². The number of carbonyl (C=O) groups is 1. The van der Waals surface area contributed by atoms with Crippen molar-refractivity contribution in [3.63, 3.8) is 0 Å². The molecule has 0 bridgehead atoms. The third-order valence-corrected chi connectivity index (χ3v) is 0.723. The summed E-state index contributed by atoms with van der Waals surface area (Å²) in [6.45, 7) is 2.30. The van der Waals surface area contributed by atoms with Gasteiger partial charge in [0.2, 0.25) is 0 Å². The third-order valence-electron chi connectivity index (χ3n) is 0.723. The first-order valence-corrected chi connectivity index (χ1v) is 2.63. The Morgan fingerprint density at radius 3 is 2.67 bits per heavy atom. The summed E-state index contributed by atoms with van der Waals surface area (Å²) in [4.78, 5) is 9.65. The minimum absolute atomic E-state index is 0. The van der Waals surface area contributed by atoms with Crippen LogP contribution < -0.4 is 0 Å². The summed E-state index contributed by atoms with van der Waals surface area (Å²) in [5, 5.41) is 7.92. The van der Waals surface area contributed by atoms with Crippen LogP contribution in [-0.4, -0.2) is 66.7 Å². The average Bonchev–Trinajstić information content (AvgIpc) is 1.66. The molecule has 4 heteroatoms. The van der Waals surface area contributed by atoms with E-state index in [2.05, 4.69) is 4.74 Å². The summed E-state index contributed by atoms with van der Waals surface area (Å²) in [6.07, 6.45) is 0.595. The van der Waals surface area contributed by atoms with Gasteiger partial charge in [-0.05, 0) is 6.42 Å². The Kier molecular flexibility index (Phi) is 12.3. The van der Waals surface area contributed by atoms with E-state index in [4.69, 9.17) is 5.11 Å². The Labute approximate surface area is 97.8 Å². The van der Waals surface area contributed by atoms with Gasteiger partial charge in [0.25, 0.3) is 0 Å². The van der Waals surface area contributed by atoms with Crippen LogP contribution in [0.2, 0.25) is 0 Å². The van der Waals surface area contributed by atoms with Gasteiger partial charge in [-0.25, -0.2) is 4.79 Å². The number of carboxylic acid groups (broad SMARTS) is 1. The predicted molar refractivity (Wildman–Crippen MR) is 36.9 cm³/mol. The fraction of sp³-hybridized carbons (Fsp3) is 0.800. The minimum atomic E-state index is -1.18. The van der Waals surface area contributed by atoms with E-state index >= 15 is 0 Å².